The van der Waals surface area contributed by atoms with Crippen LogP contribution in [0.25, 0.3) is 11.3 Å². The molecular formula is C26H39N3O3. The van der Waals surface area contributed by atoms with E-state index in [1.807, 2.05) is 18.5 Å². The van der Waals surface area contributed by atoms with Gasteiger partial charge in [-0.05, 0) is 76.0 Å². The van der Waals surface area contributed by atoms with Crippen molar-refractivity contribution in [2.45, 2.75) is 84.8 Å². The third kappa shape index (κ3) is 5.34. The second-order valence-corrected chi connectivity index (χ2v) is 9.37. The maximum Gasteiger partial charge on any atom is 0.272 e. The highest BCUT2D eigenvalue weighted by molar-refractivity contribution is 5.95. The first-order valence-electron chi connectivity index (χ1n) is 12.1. The van der Waals surface area contributed by atoms with Crippen molar-refractivity contribution in [1.82, 2.24) is 15.1 Å². The van der Waals surface area contributed by atoms with Gasteiger partial charge in [-0.2, -0.15) is 5.10 Å². The van der Waals surface area contributed by atoms with Crippen LogP contribution in [-0.4, -0.2) is 40.0 Å². The van der Waals surface area contributed by atoms with E-state index in [4.69, 9.17) is 4.74 Å². The molecule has 1 fully saturated rings. The topological polar surface area (TPSA) is 76.4 Å². The normalized spacial score (nSPS) is 20.9. The first-order chi connectivity index (χ1) is 15.3. The van der Waals surface area contributed by atoms with Crippen molar-refractivity contribution in [2.24, 2.45) is 5.92 Å². The van der Waals surface area contributed by atoms with Gasteiger partial charge in [-0.1, -0.05) is 26.3 Å². The molecule has 0 unspecified atom stereocenters. The summed E-state index contributed by atoms with van der Waals surface area (Å²) in [4.78, 5) is 13.0. The zero-order chi connectivity index (χ0) is 23.3. The SMILES string of the molecule is CCCCc1ccc(-c2c(C)c(C(=O)NCC3(O)CCC(C)CC3)nn2CC)c(OC)c1. The summed E-state index contributed by atoms with van der Waals surface area (Å²) in [5, 5.41) is 18.4. The number of ether oxygens (including phenoxy) is 1. The summed E-state index contributed by atoms with van der Waals surface area (Å²) in [6.07, 6.45) is 6.76. The van der Waals surface area contributed by atoms with Gasteiger partial charge >= 0.3 is 0 Å². The number of carbonyl (C=O) groups excluding carboxylic acids is 1. The van der Waals surface area contributed by atoms with Crippen LogP contribution >= 0.6 is 0 Å². The summed E-state index contributed by atoms with van der Waals surface area (Å²) < 4.78 is 7.58. The van der Waals surface area contributed by atoms with Crippen LogP contribution in [-0.2, 0) is 13.0 Å². The molecule has 0 radical (unpaired) electrons. The molecule has 176 valence electrons. The van der Waals surface area contributed by atoms with E-state index in [2.05, 4.69) is 42.5 Å². The van der Waals surface area contributed by atoms with Crippen molar-refractivity contribution in [2.75, 3.05) is 13.7 Å². The van der Waals surface area contributed by atoms with Gasteiger partial charge in [0, 0.05) is 24.2 Å². The molecule has 1 saturated carbocycles. The number of rotatable bonds is 9. The Kier molecular flexibility index (Phi) is 7.99. The number of methoxy groups -OCH3 is 1. The van der Waals surface area contributed by atoms with E-state index >= 15 is 0 Å². The van der Waals surface area contributed by atoms with Crippen LogP contribution in [0, 0.1) is 12.8 Å². The second kappa shape index (κ2) is 10.5. The standard InChI is InChI=1S/C26H39N3O3/c1-6-8-9-20-10-11-21(22(16-20)32-5)24-19(4)23(28-29(24)7-2)25(30)27-17-26(31)14-12-18(3)13-15-26/h10-11,16,18,31H,6-9,12-15,17H2,1-5H3,(H,27,30). The number of nitrogens with zero attached hydrogens (tertiary/aromatic N) is 2. The summed E-state index contributed by atoms with van der Waals surface area (Å²) >= 11 is 0. The molecule has 1 aliphatic rings. The Morgan fingerprint density at radius 1 is 1.31 bits per heavy atom. The van der Waals surface area contributed by atoms with Gasteiger partial charge in [0.2, 0.25) is 0 Å². The van der Waals surface area contributed by atoms with Crippen molar-refractivity contribution < 1.29 is 14.6 Å². The average molecular weight is 442 g/mol. The summed E-state index contributed by atoms with van der Waals surface area (Å²) in [6, 6.07) is 6.31. The Bertz CT molecular complexity index is 927. The zero-order valence-corrected chi connectivity index (χ0v) is 20.3. The van der Waals surface area contributed by atoms with Crippen molar-refractivity contribution in [1.29, 1.82) is 0 Å². The van der Waals surface area contributed by atoms with E-state index < -0.39 is 5.60 Å². The number of hydrogen-bond donors (Lipinski definition) is 2. The van der Waals surface area contributed by atoms with Gasteiger partial charge < -0.3 is 15.2 Å². The molecule has 2 aromatic rings. The molecule has 1 aromatic carbocycles. The molecule has 0 atom stereocenters. The van der Waals surface area contributed by atoms with Crippen LogP contribution < -0.4 is 10.1 Å². The van der Waals surface area contributed by atoms with Crippen molar-refractivity contribution in [3.63, 3.8) is 0 Å². The van der Waals surface area contributed by atoms with Gasteiger partial charge in [-0.25, -0.2) is 0 Å². The zero-order valence-electron chi connectivity index (χ0n) is 20.3. The number of hydrogen-bond acceptors (Lipinski definition) is 4. The molecule has 0 aliphatic heterocycles. The Hall–Kier alpha value is -2.34. The highest BCUT2D eigenvalue weighted by Crippen LogP contribution is 2.35. The molecule has 0 bridgehead atoms. The molecule has 32 heavy (non-hydrogen) atoms. The van der Waals surface area contributed by atoms with Crippen molar-refractivity contribution >= 4 is 5.91 Å². The predicted molar refractivity (Wildman–Crippen MR) is 128 cm³/mol. The number of unbranched alkanes of at least 4 members (excludes halogenated alkanes) is 1. The summed E-state index contributed by atoms with van der Waals surface area (Å²) in [6.45, 7) is 9.27. The number of nitrogens with one attached hydrogen (secondary N) is 1. The number of carbonyl (C=O) groups is 1. The Balaban J connectivity index is 1.84. The van der Waals surface area contributed by atoms with E-state index in [-0.39, 0.29) is 12.5 Å². The van der Waals surface area contributed by atoms with Gasteiger partial charge in [0.15, 0.2) is 5.69 Å². The van der Waals surface area contributed by atoms with Crippen LogP contribution in [0.3, 0.4) is 0 Å². The Labute approximate surface area is 192 Å². The Morgan fingerprint density at radius 2 is 2.03 bits per heavy atom. The number of benzene rings is 1. The predicted octanol–water partition coefficient (Wildman–Crippen LogP) is 4.90. The summed E-state index contributed by atoms with van der Waals surface area (Å²) in [7, 11) is 1.68. The van der Waals surface area contributed by atoms with Gasteiger partial charge in [0.05, 0.1) is 18.4 Å². The van der Waals surface area contributed by atoms with E-state index in [1.54, 1.807) is 7.11 Å². The highest BCUT2D eigenvalue weighted by Gasteiger charge is 2.33. The molecule has 1 amide bonds. The molecular weight excluding hydrogens is 402 g/mol. The van der Waals surface area contributed by atoms with Gasteiger partial charge in [-0.15, -0.1) is 0 Å². The van der Waals surface area contributed by atoms with Crippen LogP contribution in [0.2, 0.25) is 0 Å². The summed E-state index contributed by atoms with van der Waals surface area (Å²) in [5.41, 5.74) is 3.52. The van der Waals surface area contributed by atoms with E-state index in [0.29, 0.717) is 18.2 Å². The second-order valence-electron chi connectivity index (χ2n) is 9.37. The lowest BCUT2D eigenvalue weighted by Crippen LogP contribution is -2.45. The fraction of sp³-hybridized carbons (Fsp3) is 0.615. The molecule has 3 rings (SSSR count). The smallest absolute Gasteiger partial charge is 0.272 e. The summed E-state index contributed by atoms with van der Waals surface area (Å²) in [5.74, 6) is 1.20. The lowest BCUT2D eigenvalue weighted by Gasteiger charge is -2.34. The number of aliphatic hydroxyl groups is 1. The molecule has 6 heteroatoms. The molecule has 1 heterocycles. The van der Waals surface area contributed by atoms with Gasteiger partial charge in [0.1, 0.15) is 5.75 Å². The third-order valence-electron chi connectivity index (χ3n) is 6.83. The monoisotopic (exact) mass is 441 g/mol. The molecule has 2 N–H and O–H groups in total. The average Bonchev–Trinajstić information content (AvgIpc) is 3.14. The minimum Gasteiger partial charge on any atom is -0.496 e. The number of aryl methyl sites for hydroxylation is 2. The third-order valence-corrected chi connectivity index (χ3v) is 6.83. The first kappa shape index (κ1) is 24.3. The quantitative estimate of drug-likeness (QED) is 0.580. The van der Waals surface area contributed by atoms with Crippen molar-refractivity contribution in [3.8, 4) is 17.0 Å². The number of aromatic nitrogens is 2. The lowest BCUT2D eigenvalue weighted by atomic mass is 9.79. The molecule has 6 nitrogen and oxygen atoms in total. The highest BCUT2D eigenvalue weighted by atomic mass is 16.5. The van der Waals surface area contributed by atoms with Crippen LogP contribution in [0.15, 0.2) is 18.2 Å². The van der Waals surface area contributed by atoms with Gasteiger partial charge in [0.25, 0.3) is 5.91 Å². The number of amides is 1. The van der Waals surface area contributed by atoms with E-state index in [1.165, 1.54) is 5.56 Å². The lowest BCUT2D eigenvalue weighted by molar-refractivity contribution is -0.00544. The van der Waals surface area contributed by atoms with Crippen LogP contribution in [0.4, 0.5) is 0 Å². The minimum atomic E-state index is -0.816. The first-order valence-corrected chi connectivity index (χ1v) is 12.1. The molecule has 0 saturated heterocycles. The van der Waals surface area contributed by atoms with E-state index in [9.17, 15) is 9.90 Å². The molecule has 1 aromatic heterocycles. The van der Waals surface area contributed by atoms with Crippen LogP contribution in [0.5, 0.6) is 5.75 Å². The fourth-order valence-corrected chi connectivity index (χ4v) is 4.61. The van der Waals surface area contributed by atoms with Crippen molar-refractivity contribution in [3.05, 3.63) is 35.0 Å². The Morgan fingerprint density at radius 3 is 2.66 bits per heavy atom. The molecule has 0 spiro atoms. The minimum absolute atomic E-state index is 0.235. The maximum atomic E-state index is 13.0. The maximum absolute atomic E-state index is 13.0. The van der Waals surface area contributed by atoms with Crippen LogP contribution in [0.1, 0.15) is 80.9 Å². The fourth-order valence-electron chi connectivity index (χ4n) is 4.61. The largest absolute Gasteiger partial charge is 0.496 e. The van der Waals surface area contributed by atoms with E-state index in [0.717, 1.165) is 67.5 Å². The molecule has 1 aliphatic carbocycles. The van der Waals surface area contributed by atoms with Gasteiger partial charge in [-0.3, -0.25) is 9.48 Å².